The van der Waals surface area contributed by atoms with E-state index in [2.05, 4.69) is 0 Å². The molecular weight excluding hydrogens is 442 g/mol. The number of sulfone groups is 1. The summed E-state index contributed by atoms with van der Waals surface area (Å²) in [6.07, 6.45) is 0.256. The quantitative estimate of drug-likeness (QED) is 0.453. The van der Waals surface area contributed by atoms with E-state index < -0.39 is 15.8 Å². The van der Waals surface area contributed by atoms with Crippen molar-refractivity contribution >= 4 is 15.8 Å². The molecule has 33 heavy (non-hydrogen) atoms. The molecule has 0 aliphatic carbocycles. The largest absolute Gasteiger partial charge is 0.497 e. The Labute approximate surface area is 194 Å². The van der Waals surface area contributed by atoms with Crippen molar-refractivity contribution in [2.24, 2.45) is 0 Å². The number of rotatable bonds is 11. The summed E-state index contributed by atoms with van der Waals surface area (Å²) < 4.78 is 37.1. The van der Waals surface area contributed by atoms with Gasteiger partial charge in [-0.2, -0.15) is 0 Å². The standard InChI is InChI=1S/C25H27NO6S/c1-26(18-25(27)28)17-16-24(19-6-4-3-5-7-19)32-21-10-14-23(15-11-21)33(29,30)22-12-8-20(31-2)9-13-22/h3-15,24H,16-18H2,1-2H3,(H,27,28). The van der Waals surface area contributed by atoms with Gasteiger partial charge in [0.2, 0.25) is 9.84 Å². The Hall–Kier alpha value is -3.36. The molecule has 0 saturated carbocycles. The summed E-state index contributed by atoms with van der Waals surface area (Å²) in [6.45, 7) is 0.467. The molecule has 3 aromatic carbocycles. The molecule has 0 aliphatic heterocycles. The molecule has 0 bridgehead atoms. The van der Waals surface area contributed by atoms with Crippen LogP contribution in [0.5, 0.6) is 11.5 Å². The third-order valence-electron chi connectivity index (χ3n) is 5.13. The van der Waals surface area contributed by atoms with Crippen LogP contribution in [0, 0.1) is 0 Å². The van der Waals surface area contributed by atoms with Gasteiger partial charge >= 0.3 is 5.97 Å². The molecule has 7 nitrogen and oxygen atoms in total. The van der Waals surface area contributed by atoms with Crippen molar-refractivity contribution < 1.29 is 27.8 Å². The van der Waals surface area contributed by atoms with Crippen molar-refractivity contribution in [1.82, 2.24) is 4.90 Å². The summed E-state index contributed by atoms with van der Waals surface area (Å²) in [7, 11) is -0.400. The number of hydrogen-bond acceptors (Lipinski definition) is 6. The maximum Gasteiger partial charge on any atom is 0.317 e. The van der Waals surface area contributed by atoms with E-state index in [-0.39, 0.29) is 22.4 Å². The first-order chi connectivity index (χ1) is 15.8. The van der Waals surface area contributed by atoms with Crippen LogP contribution in [0.4, 0.5) is 0 Å². The third kappa shape index (κ3) is 6.57. The minimum absolute atomic E-state index is 0.0561. The van der Waals surface area contributed by atoms with Gasteiger partial charge in [-0.05, 0) is 61.1 Å². The van der Waals surface area contributed by atoms with Crippen molar-refractivity contribution in [3.8, 4) is 11.5 Å². The third-order valence-corrected chi connectivity index (χ3v) is 6.92. The van der Waals surface area contributed by atoms with Crippen molar-refractivity contribution in [2.75, 3.05) is 27.2 Å². The zero-order chi connectivity index (χ0) is 23.8. The first kappa shape index (κ1) is 24.3. The highest BCUT2D eigenvalue weighted by Gasteiger charge is 2.19. The molecular formula is C25H27NO6S. The van der Waals surface area contributed by atoms with Gasteiger partial charge in [0.15, 0.2) is 0 Å². The van der Waals surface area contributed by atoms with Gasteiger partial charge in [0, 0.05) is 13.0 Å². The number of carboxylic acid groups (broad SMARTS) is 1. The fourth-order valence-electron chi connectivity index (χ4n) is 3.36. The summed E-state index contributed by atoms with van der Waals surface area (Å²) in [5, 5.41) is 8.97. The lowest BCUT2D eigenvalue weighted by Gasteiger charge is -2.22. The Bertz CT molecular complexity index is 1150. The summed E-state index contributed by atoms with van der Waals surface area (Å²) in [4.78, 5) is 13.0. The highest BCUT2D eigenvalue weighted by atomic mass is 32.2. The van der Waals surface area contributed by atoms with Gasteiger partial charge in [0.1, 0.15) is 17.6 Å². The van der Waals surface area contributed by atoms with Gasteiger partial charge in [0.25, 0.3) is 0 Å². The van der Waals surface area contributed by atoms with Crippen LogP contribution in [-0.4, -0.2) is 51.6 Å². The fraction of sp³-hybridized carbons (Fsp3) is 0.240. The van der Waals surface area contributed by atoms with E-state index >= 15 is 0 Å². The normalized spacial score (nSPS) is 12.3. The average molecular weight is 470 g/mol. The van der Waals surface area contributed by atoms with Crippen LogP contribution in [0.2, 0.25) is 0 Å². The maximum atomic E-state index is 12.9. The topological polar surface area (TPSA) is 93.1 Å². The zero-order valence-electron chi connectivity index (χ0n) is 18.5. The minimum atomic E-state index is -3.67. The molecule has 174 valence electrons. The maximum absolute atomic E-state index is 12.9. The van der Waals surface area contributed by atoms with E-state index in [4.69, 9.17) is 14.6 Å². The Morgan fingerprint density at radius 2 is 1.45 bits per heavy atom. The number of likely N-dealkylation sites (N-methyl/N-ethyl adjacent to an activating group) is 1. The number of benzene rings is 3. The van der Waals surface area contributed by atoms with Gasteiger partial charge in [-0.3, -0.25) is 9.69 Å². The van der Waals surface area contributed by atoms with Crippen LogP contribution in [0.1, 0.15) is 18.1 Å². The van der Waals surface area contributed by atoms with Crippen molar-refractivity contribution in [1.29, 1.82) is 0 Å². The lowest BCUT2D eigenvalue weighted by molar-refractivity contribution is -0.138. The van der Waals surface area contributed by atoms with E-state index in [1.807, 2.05) is 30.3 Å². The molecule has 1 unspecified atom stereocenters. The van der Waals surface area contributed by atoms with E-state index in [1.54, 1.807) is 36.2 Å². The molecule has 0 radical (unpaired) electrons. The number of carbonyl (C=O) groups is 1. The minimum Gasteiger partial charge on any atom is -0.497 e. The summed E-state index contributed by atoms with van der Waals surface area (Å²) in [5.74, 6) is 0.223. The van der Waals surface area contributed by atoms with E-state index in [9.17, 15) is 13.2 Å². The summed E-state index contributed by atoms with van der Waals surface area (Å²) in [5.41, 5.74) is 0.955. The molecule has 3 aromatic rings. The van der Waals surface area contributed by atoms with Crippen LogP contribution in [0.15, 0.2) is 88.7 Å². The Morgan fingerprint density at radius 3 is 1.97 bits per heavy atom. The number of carboxylic acids is 1. The Kier molecular flexibility index (Phi) is 8.08. The average Bonchev–Trinajstić information content (AvgIpc) is 2.82. The van der Waals surface area contributed by atoms with Gasteiger partial charge in [-0.25, -0.2) is 8.42 Å². The van der Waals surface area contributed by atoms with Crippen LogP contribution >= 0.6 is 0 Å². The molecule has 0 aliphatic rings. The highest BCUT2D eigenvalue weighted by molar-refractivity contribution is 7.91. The molecule has 0 aromatic heterocycles. The molecule has 1 N–H and O–H groups in total. The molecule has 0 heterocycles. The number of nitrogens with zero attached hydrogens (tertiary/aromatic N) is 1. The van der Waals surface area contributed by atoms with Gasteiger partial charge in [-0.15, -0.1) is 0 Å². The van der Waals surface area contributed by atoms with Crippen molar-refractivity contribution in [2.45, 2.75) is 22.3 Å². The number of ether oxygens (including phenoxy) is 2. The zero-order valence-corrected chi connectivity index (χ0v) is 19.4. The molecule has 8 heteroatoms. The van der Waals surface area contributed by atoms with Gasteiger partial charge < -0.3 is 14.6 Å². The second kappa shape index (κ2) is 11.0. The smallest absolute Gasteiger partial charge is 0.317 e. The second-order valence-electron chi connectivity index (χ2n) is 7.59. The van der Waals surface area contributed by atoms with Crippen LogP contribution in [-0.2, 0) is 14.6 Å². The lowest BCUT2D eigenvalue weighted by Crippen LogP contribution is -2.28. The number of aliphatic carboxylic acids is 1. The molecule has 1 atom stereocenters. The SMILES string of the molecule is COc1ccc(S(=O)(=O)c2ccc(OC(CCN(C)CC(=O)O)c3ccccc3)cc2)cc1. The van der Waals surface area contributed by atoms with Crippen molar-refractivity contribution in [3.63, 3.8) is 0 Å². The fourth-order valence-corrected chi connectivity index (χ4v) is 4.62. The molecule has 0 fully saturated rings. The van der Waals surface area contributed by atoms with E-state index in [0.29, 0.717) is 24.5 Å². The van der Waals surface area contributed by atoms with Gasteiger partial charge in [0.05, 0.1) is 23.4 Å². The Balaban J connectivity index is 1.76. The van der Waals surface area contributed by atoms with E-state index in [0.717, 1.165) is 5.56 Å². The predicted molar refractivity (Wildman–Crippen MR) is 124 cm³/mol. The van der Waals surface area contributed by atoms with E-state index in [1.165, 1.54) is 31.4 Å². The van der Waals surface area contributed by atoms with Crippen LogP contribution in [0.3, 0.4) is 0 Å². The molecule has 3 rings (SSSR count). The van der Waals surface area contributed by atoms with Crippen LogP contribution in [0.25, 0.3) is 0 Å². The monoisotopic (exact) mass is 469 g/mol. The highest BCUT2D eigenvalue weighted by Crippen LogP contribution is 2.28. The first-order valence-electron chi connectivity index (χ1n) is 10.4. The van der Waals surface area contributed by atoms with Gasteiger partial charge in [-0.1, -0.05) is 30.3 Å². The van der Waals surface area contributed by atoms with Crippen LogP contribution < -0.4 is 9.47 Å². The first-order valence-corrected chi connectivity index (χ1v) is 11.9. The summed E-state index contributed by atoms with van der Waals surface area (Å²) in [6, 6.07) is 22.2. The predicted octanol–water partition coefficient (Wildman–Crippen LogP) is 4.05. The summed E-state index contributed by atoms with van der Waals surface area (Å²) >= 11 is 0. The number of hydrogen-bond donors (Lipinski definition) is 1. The second-order valence-corrected chi connectivity index (χ2v) is 9.54. The molecule has 0 spiro atoms. The lowest BCUT2D eigenvalue weighted by atomic mass is 10.1. The Morgan fingerprint density at radius 1 is 0.909 bits per heavy atom. The number of methoxy groups -OCH3 is 1. The molecule has 0 amide bonds. The van der Waals surface area contributed by atoms with Crippen molar-refractivity contribution in [3.05, 3.63) is 84.4 Å². The molecule has 0 saturated heterocycles.